The number of nitrogens with one attached hydrogen (secondary N) is 2. The Morgan fingerprint density at radius 1 is 1.18 bits per heavy atom. The van der Waals surface area contributed by atoms with Gasteiger partial charge < -0.3 is 30.6 Å². The van der Waals surface area contributed by atoms with Crippen LogP contribution in [0.4, 0.5) is 0 Å². The van der Waals surface area contributed by atoms with Crippen LogP contribution in [0.1, 0.15) is 11.6 Å². The van der Waals surface area contributed by atoms with Crippen molar-refractivity contribution >= 4 is 17.3 Å². The topological polar surface area (TPSA) is 102 Å². The minimum Gasteiger partial charge on any atom is -0.493 e. The van der Waals surface area contributed by atoms with Gasteiger partial charge in [0.2, 0.25) is 5.75 Å². The summed E-state index contributed by atoms with van der Waals surface area (Å²) in [6.07, 6.45) is 0. The minimum atomic E-state index is -0.493. The van der Waals surface area contributed by atoms with Crippen LogP contribution >= 0.6 is 12.2 Å². The van der Waals surface area contributed by atoms with Gasteiger partial charge in [-0.15, -0.1) is 0 Å². The largest absolute Gasteiger partial charge is 0.493 e. The third-order valence-corrected chi connectivity index (χ3v) is 3.46. The molecule has 0 spiro atoms. The van der Waals surface area contributed by atoms with E-state index in [1.54, 1.807) is 12.1 Å². The maximum atomic E-state index is 9.33. The molecule has 0 saturated carbocycles. The molecule has 0 fully saturated rings. The van der Waals surface area contributed by atoms with Gasteiger partial charge >= 0.3 is 0 Å². The van der Waals surface area contributed by atoms with Crippen molar-refractivity contribution in [1.29, 1.82) is 5.26 Å². The molecule has 7 nitrogen and oxygen atoms in total. The fourth-order valence-electron chi connectivity index (χ4n) is 2.23. The normalized spacial score (nSPS) is 17.2. The summed E-state index contributed by atoms with van der Waals surface area (Å²) in [5.41, 5.74) is 6.89. The summed E-state index contributed by atoms with van der Waals surface area (Å²) in [7, 11) is 4.57. The summed E-state index contributed by atoms with van der Waals surface area (Å²) in [5.74, 6) is 1.67. The van der Waals surface area contributed by atoms with Crippen molar-refractivity contribution in [2.24, 2.45) is 5.73 Å². The Bertz CT molecular complexity index is 656. The average Bonchev–Trinajstić information content (AvgIpc) is 2.52. The van der Waals surface area contributed by atoms with Crippen LogP contribution in [0.25, 0.3) is 0 Å². The molecule has 0 amide bonds. The van der Waals surface area contributed by atoms with E-state index in [4.69, 9.17) is 32.2 Å². The molecule has 1 unspecified atom stereocenters. The van der Waals surface area contributed by atoms with Gasteiger partial charge in [0, 0.05) is 0 Å². The Morgan fingerprint density at radius 3 is 2.23 bits per heavy atom. The number of methoxy groups -OCH3 is 3. The SMILES string of the molecule is COc1cc(C2NC(=S)NC(N)=C2C#N)cc(OC)c1OC. The lowest BCUT2D eigenvalue weighted by atomic mass is 9.97. The number of rotatable bonds is 4. The van der Waals surface area contributed by atoms with Gasteiger partial charge in [-0.25, -0.2) is 0 Å². The third-order valence-electron chi connectivity index (χ3n) is 3.24. The van der Waals surface area contributed by atoms with Gasteiger partial charge in [0.25, 0.3) is 0 Å². The van der Waals surface area contributed by atoms with E-state index in [-0.39, 0.29) is 5.82 Å². The van der Waals surface area contributed by atoms with Crippen molar-refractivity contribution < 1.29 is 14.2 Å². The summed E-state index contributed by atoms with van der Waals surface area (Å²) in [6, 6.07) is 5.09. The molecular weight excluding hydrogens is 304 g/mol. The van der Waals surface area contributed by atoms with Crippen molar-refractivity contribution in [2.45, 2.75) is 6.04 Å². The number of nitrogens with zero attached hydrogens (tertiary/aromatic N) is 1. The lowest BCUT2D eigenvalue weighted by Crippen LogP contribution is -2.45. The highest BCUT2D eigenvalue weighted by Crippen LogP contribution is 2.41. The predicted octanol–water partition coefficient (Wildman–Crippen LogP) is 0.925. The number of hydrogen-bond acceptors (Lipinski definition) is 6. The van der Waals surface area contributed by atoms with Gasteiger partial charge in [0.1, 0.15) is 11.9 Å². The average molecular weight is 320 g/mol. The highest BCUT2D eigenvalue weighted by molar-refractivity contribution is 7.80. The van der Waals surface area contributed by atoms with E-state index in [0.29, 0.717) is 27.9 Å². The first-order valence-corrected chi connectivity index (χ1v) is 6.73. The van der Waals surface area contributed by atoms with E-state index >= 15 is 0 Å². The summed E-state index contributed by atoms with van der Waals surface area (Å²) in [4.78, 5) is 0. The van der Waals surface area contributed by atoms with E-state index in [9.17, 15) is 5.26 Å². The Labute approximate surface area is 133 Å². The van der Waals surface area contributed by atoms with Gasteiger partial charge in [-0.05, 0) is 29.9 Å². The molecule has 0 saturated heterocycles. The Kier molecular flexibility index (Phi) is 4.58. The molecule has 0 aromatic heterocycles. The minimum absolute atomic E-state index is 0.227. The molecule has 0 aliphatic carbocycles. The standard InChI is InChI=1S/C14H16N4O3S/c1-19-9-4-7(5-10(20-2)12(9)21-3)11-8(6-15)13(16)18-14(22)17-11/h4-5,11H,16H2,1-3H3,(H2,17,18,22). The zero-order chi connectivity index (χ0) is 16.3. The van der Waals surface area contributed by atoms with Crippen LogP contribution in [-0.4, -0.2) is 26.4 Å². The van der Waals surface area contributed by atoms with Gasteiger partial charge in [-0.1, -0.05) is 0 Å². The molecule has 1 heterocycles. The molecule has 1 aliphatic rings. The van der Waals surface area contributed by atoms with Gasteiger partial charge in [0.05, 0.1) is 32.9 Å². The second-order valence-electron chi connectivity index (χ2n) is 4.43. The first kappa shape index (κ1) is 15.7. The van der Waals surface area contributed by atoms with Gasteiger partial charge in [-0.3, -0.25) is 0 Å². The molecule has 1 aliphatic heterocycles. The molecule has 22 heavy (non-hydrogen) atoms. The van der Waals surface area contributed by atoms with E-state index < -0.39 is 6.04 Å². The number of nitrogens with two attached hydrogens (primary N) is 1. The molecule has 1 aromatic carbocycles. The molecular formula is C14H16N4O3S. The van der Waals surface area contributed by atoms with Crippen LogP contribution < -0.4 is 30.6 Å². The Morgan fingerprint density at radius 2 is 1.77 bits per heavy atom. The molecule has 116 valence electrons. The molecule has 2 rings (SSSR count). The van der Waals surface area contributed by atoms with Crippen LogP contribution in [0, 0.1) is 11.3 Å². The van der Waals surface area contributed by atoms with Crippen molar-refractivity contribution in [3.05, 3.63) is 29.1 Å². The number of benzene rings is 1. The van der Waals surface area contributed by atoms with E-state index in [0.717, 1.165) is 5.56 Å². The van der Waals surface area contributed by atoms with Crippen LogP contribution in [0.15, 0.2) is 23.5 Å². The molecule has 4 N–H and O–H groups in total. The smallest absolute Gasteiger partial charge is 0.203 e. The summed E-state index contributed by atoms with van der Waals surface area (Å²) in [5, 5.41) is 15.4. The van der Waals surface area contributed by atoms with Crippen molar-refractivity contribution in [1.82, 2.24) is 10.6 Å². The molecule has 0 radical (unpaired) electrons. The van der Waals surface area contributed by atoms with Crippen molar-refractivity contribution in [2.75, 3.05) is 21.3 Å². The summed E-state index contributed by atoms with van der Waals surface area (Å²) < 4.78 is 15.9. The number of ether oxygens (including phenoxy) is 3. The maximum absolute atomic E-state index is 9.33. The highest BCUT2D eigenvalue weighted by Gasteiger charge is 2.27. The number of hydrogen-bond donors (Lipinski definition) is 3. The van der Waals surface area contributed by atoms with E-state index in [1.165, 1.54) is 21.3 Å². The Balaban J connectivity index is 2.59. The zero-order valence-electron chi connectivity index (χ0n) is 12.4. The summed E-state index contributed by atoms with van der Waals surface area (Å²) in [6.45, 7) is 0. The fraction of sp³-hybridized carbons (Fsp3) is 0.286. The number of thiocarbonyl (C=S) groups is 1. The lowest BCUT2D eigenvalue weighted by molar-refractivity contribution is 0.323. The monoisotopic (exact) mass is 320 g/mol. The fourth-order valence-corrected chi connectivity index (χ4v) is 2.46. The quantitative estimate of drug-likeness (QED) is 0.704. The van der Waals surface area contributed by atoms with Crippen LogP contribution in [-0.2, 0) is 0 Å². The highest BCUT2D eigenvalue weighted by atomic mass is 32.1. The van der Waals surface area contributed by atoms with Crippen LogP contribution in [0.5, 0.6) is 17.2 Å². The van der Waals surface area contributed by atoms with Gasteiger partial charge in [-0.2, -0.15) is 5.26 Å². The third kappa shape index (κ3) is 2.71. The first-order valence-electron chi connectivity index (χ1n) is 6.32. The molecule has 0 bridgehead atoms. The van der Waals surface area contributed by atoms with Crippen LogP contribution in [0.2, 0.25) is 0 Å². The Hall–Kier alpha value is -2.66. The zero-order valence-corrected chi connectivity index (χ0v) is 13.2. The molecule has 8 heteroatoms. The van der Waals surface area contributed by atoms with Crippen molar-refractivity contribution in [3.8, 4) is 23.3 Å². The molecule has 1 aromatic rings. The van der Waals surface area contributed by atoms with E-state index in [1.807, 2.05) is 0 Å². The second-order valence-corrected chi connectivity index (χ2v) is 4.84. The second kappa shape index (κ2) is 6.41. The summed E-state index contributed by atoms with van der Waals surface area (Å²) >= 11 is 5.10. The van der Waals surface area contributed by atoms with Gasteiger partial charge in [0.15, 0.2) is 16.6 Å². The van der Waals surface area contributed by atoms with E-state index in [2.05, 4.69) is 16.7 Å². The maximum Gasteiger partial charge on any atom is 0.203 e. The molecule has 1 atom stereocenters. The predicted molar refractivity (Wildman–Crippen MR) is 84.5 cm³/mol. The lowest BCUT2D eigenvalue weighted by Gasteiger charge is -2.28. The number of nitriles is 1. The van der Waals surface area contributed by atoms with Crippen molar-refractivity contribution in [3.63, 3.8) is 0 Å². The van der Waals surface area contributed by atoms with Crippen LogP contribution in [0.3, 0.4) is 0 Å². The first-order chi connectivity index (χ1) is 10.5.